The number of rotatable bonds is 3. The molecule has 2 aromatic carbocycles. The van der Waals surface area contributed by atoms with Gasteiger partial charge in [-0.3, -0.25) is 4.79 Å². The molecule has 2 heterocycles. The quantitative estimate of drug-likeness (QED) is 0.484. The highest BCUT2D eigenvalue weighted by atomic mass is 35.5. The minimum absolute atomic E-state index is 0.0312. The van der Waals surface area contributed by atoms with Crippen LogP contribution in [0.3, 0.4) is 0 Å². The van der Waals surface area contributed by atoms with Gasteiger partial charge in [-0.2, -0.15) is 0 Å². The van der Waals surface area contributed by atoms with Crippen molar-refractivity contribution < 1.29 is 0 Å². The molecule has 2 aromatic heterocycles. The molecule has 0 aliphatic heterocycles. The van der Waals surface area contributed by atoms with Gasteiger partial charge in [0.2, 0.25) is 5.56 Å². The second kappa shape index (κ2) is 6.87. The zero-order valence-electron chi connectivity index (χ0n) is 14.9. The van der Waals surface area contributed by atoms with Crippen LogP contribution in [0.1, 0.15) is 11.4 Å². The standard InChI is InChI=1S/C21H17Cl2N3O/c1-13-24-19-7-3-14(15-4-8-21(27)25(2)11-15)10-20(19)26(13)12-16-9-17(22)5-6-18(16)23/h3-11H,12H2,1-2H3. The van der Waals surface area contributed by atoms with Crippen molar-refractivity contribution in [3.05, 3.63) is 86.5 Å². The molecule has 0 N–H and O–H groups in total. The van der Waals surface area contributed by atoms with E-state index in [2.05, 4.69) is 15.6 Å². The Kier molecular flexibility index (Phi) is 4.54. The Bertz CT molecular complexity index is 1220. The predicted octanol–water partition coefficient (Wildman–Crippen LogP) is 5.07. The van der Waals surface area contributed by atoms with E-state index < -0.39 is 0 Å². The molecule has 0 radical (unpaired) electrons. The van der Waals surface area contributed by atoms with E-state index in [0.29, 0.717) is 16.6 Å². The second-order valence-electron chi connectivity index (χ2n) is 6.55. The Hall–Kier alpha value is -2.56. The van der Waals surface area contributed by atoms with Gasteiger partial charge in [-0.25, -0.2) is 4.98 Å². The topological polar surface area (TPSA) is 39.8 Å². The summed E-state index contributed by atoms with van der Waals surface area (Å²) >= 11 is 12.5. The Morgan fingerprint density at radius 2 is 1.78 bits per heavy atom. The van der Waals surface area contributed by atoms with E-state index in [1.807, 2.05) is 43.5 Å². The molecule has 0 aliphatic rings. The van der Waals surface area contributed by atoms with Gasteiger partial charge in [0, 0.05) is 29.4 Å². The van der Waals surface area contributed by atoms with E-state index >= 15 is 0 Å². The van der Waals surface area contributed by atoms with Gasteiger partial charge < -0.3 is 9.13 Å². The Balaban J connectivity index is 1.83. The molecular weight excluding hydrogens is 381 g/mol. The van der Waals surface area contributed by atoms with E-state index in [1.54, 1.807) is 23.7 Å². The number of imidazole rings is 1. The number of halogens is 2. The summed E-state index contributed by atoms with van der Waals surface area (Å²) in [6.07, 6.45) is 1.84. The molecule has 4 nitrogen and oxygen atoms in total. The fourth-order valence-electron chi connectivity index (χ4n) is 3.22. The summed E-state index contributed by atoms with van der Waals surface area (Å²) in [4.78, 5) is 16.3. The zero-order chi connectivity index (χ0) is 19.1. The molecule has 0 spiro atoms. The van der Waals surface area contributed by atoms with Gasteiger partial charge in [-0.1, -0.05) is 29.3 Å². The maximum Gasteiger partial charge on any atom is 0.250 e. The molecule has 27 heavy (non-hydrogen) atoms. The van der Waals surface area contributed by atoms with Crippen molar-refractivity contribution in [1.82, 2.24) is 14.1 Å². The minimum atomic E-state index is -0.0312. The maximum atomic E-state index is 11.7. The molecule has 0 atom stereocenters. The fraction of sp³-hybridized carbons (Fsp3) is 0.143. The third kappa shape index (κ3) is 3.38. The molecule has 0 saturated heterocycles. The van der Waals surface area contributed by atoms with Crippen molar-refractivity contribution >= 4 is 34.2 Å². The Morgan fingerprint density at radius 3 is 2.56 bits per heavy atom. The Labute approximate surface area is 166 Å². The van der Waals surface area contributed by atoms with E-state index in [9.17, 15) is 4.79 Å². The lowest BCUT2D eigenvalue weighted by Crippen LogP contribution is -2.13. The van der Waals surface area contributed by atoms with E-state index in [0.717, 1.165) is 33.5 Å². The first kappa shape index (κ1) is 17.8. The smallest absolute Gasteiger partial charge is 0.250 e. The molecule has 136 valence electrons. The molecule has 4 aromatic rings. The van der Waals surface area contributed by atoms with Crippen LogP contribution in [0.4, 0.5) is 0 Å². The summed E-state index contributed by atoms with van der Waals surface area (Å²) in [7, 11) is 1.75. The number of aryl methyl sites for hydroxylation is 2. The van der Waals surface area contributed by atoms with Gasteiger partial charge in [-0.15, -0.1) is 0 Å². The molecule has 0 bridgehead atoms. The van der Waals surface area contributed by atoms with E-state index in [4.69, 9.17) is 23.2 Å². The number of fused-ring (bicyclic) bond motifs is 1. The third-order valence-electron chi connectivity index (χ3n) is 4.69. The summed E-state index contributed by atoms with van der Waals surface area (Å²) in [5.41, 5.74) is 4.84. The lowest BCUT2D eigenvalue weighted by molar-refractivity contribution is 0.786. The van der Waals surface area contributed by atoms with Crippen molar-refractivity contribution in [2.24, 2.45) is 7.05 Å². The number of hydrogen-bond donors (Lipinski definition) is 0. The van der Waals surface area contributed by atoms with Gasteiger partial charge in [0.1, 0.15) is 5.82 Å². The molecular formula is C21H17Cl2N3O. The summed E-state index contributed by atoms with van der Waals surface area (Å²) < 4.78 is 3.70. The summed E-state index contributed by atoms with van der Waals surface area (Å²) in [5, 5.41) is 1.33. The van der Waals surface area contributed by atoms with Gasteiger partial charge >= 0.3 is 0 Å². The average Bonchev–Trinajstić information content (AvgIpc) is 2.95. The molecule has 4 rings (SSSR count). The normalized spacial score (nSPS) is 11.3. The van der Waals surface area contributed by atoms with Crippen LogP contribution >= 0.6 is 23.2 Å². The first-order chi connectivity index (χ1) is 12.9. The van der Waals surface area contributed by atoms with Crippen LogP contribution in [-0.4, -0.2) is 14.1 Å². The summed E-state index contributed by atoms with van der Waals surface area (Å²) in [5.74, 6) is 0.902. The van der Waals surface area contributed by atoms with Crippen LogP contribution in [0.25, 0.3) is 22.2 Å². The average molecular weight is 398 g/mol. The summed E-state index contributed by atoms with van der Waals surface area (Å²) in [6.45, 7) is 2.56. The van der Waals surface area contributed by atoms with Crippen LogP contribution in [0, 0.1) is 6.92 Å². The van der Waals surface area contributed by atoms with Gasteiger partial charge in [0.05, 0.1) is 17.6 Å². The Morgan fingerprint density at radius 1 is 1.00 bits per heavy atom. The van der Waals surface area contributed by atoms with E-state index in [-0.39, 0.29) is 5.56 Å². The SMILES string of the molecule is Cc1nc2ccc(-c3ccc(=O)n(C)c3)cc2n1Cc1cc(Cl)ccc1Cl. The zero-order valence-corrected chi connectivity index (χ0v) is 16.4. The third-order valence-corrected chi connectivity index (χ3v) is 5.30. The van der Waals surface area contributed by atoms with Crippen LogP contribution in [0.15, 0.2) is 59.5 Å². The maximum absolute atomic E-state index is 11.7. The lowest BCUT2D eigenvalue weighted by atomic mass is 10.1. The first-order valence-corrected chi connectivity index (χ1v) is 9.26. The van der Waals surface area contributed by atoms with Gasteiger partial charge in [0.25, 0.3) is 0 Å². The highest BCUT2D eigenvalue weighted by Crippen LogP contribution is 2.27. The fourth-order valence-corrected chi connectivity index (χ4v) is 3.59. The number of aromatic nitrogens is 3. The molecule has 6 heteroatoms. The van der Waals surface area contributed by atoms with Crippen LogP contribution in [0.2, 0.25) is 10.0 Å². The largest absolute Gasteiger partial charge is 0.324 e. The van der Waals surface area contributed by atoms with Crippen molar-refractivity contribution in [1.29, 1.82) is 0 Å². The number of benzene rings is 2. The van der Waals surface area contributed by atoms with Gasteiger partial charge in [0.15, 0.2) is 0 Å². The van der Waals surface area contributed by atoms with Crippen molar-refractivity contribution in [2.75, 3.05) is 0 Å². The van der Waals surface area contributed by atoms with Crippen molar-refractivity contribution in [3.8, 4) is 11.1 Å². The molecule has 0 fully saturated rings. The predicted molar refractivity (Wildman–Crippen MR) is 111 cm³/mol. The lowest BCUT2D eigenvalue weighted by Gasteiger charge is -2.10. The van der Waals surface area contributed by atoms with Crippen molar-refractivity contribution in [2.45, 2.75) is 13.5 Å². The van der Waals surface area contributed by atoms with Crippen LogP contribution < -0.4 is 5.56 Å². The number of nitrogens with zero attached hydrogens (tertiary/aromatic N) is 3. The molecule has 0 aliphatic carbocycles. The minimum Gasteiger partial charge on any atom is -0.324 e. The van der Waals surface area contributed by atoms with Gasteiger partial charge in [-0.05, 0) is 60.0 Å². The monoisotopic (exact) mass is 397 g/mol. The number of hydrogen-bond acceptors (Lipinski definition) is 2. The second-order valence-corrected chi connectivity index (χ2v) is 7.39. The van der Waals surface area contributed by atoms with E-state index in [1.165, 1.54) is 0 Å². The van der Waals surface area contributed by atoms with Crippen LogP contribution in [0.5, 0.6) is 0 Å². The highest BCUT2D eigenvalue weighted by Gasteiger charge is 2.12. The summed E-state index contributed by atoms with van der Waals surface area (Å²) in [6, 6.07) is 15.0. The highest BCUT2D eigenvalue weighted by molar-refractivity contribution is 6.33. The molecule has 0 unspecified atom stereocenters. The van der Waals surface area contributed by atoms with Crippen molar-refractivity contribution in [3.63, 3.8) is 0 Å². The number of pyridine rings is 1. The first-order valence-electron chi connectivity index (χ1n) is 8.50. The van der Waals surface area contributed by atoms with Crippen LogP contribution in [-0.2, 0) is 13.6 Å². The molecule has 0 amide bonds. The molecule has 0 saturated carbocycles.